The van der Waals surface area contributed by atoms with Crippen LogP contribution in [0.5, 0.6) is 5.75 Å². The largest absolute Gasteiger partial charge is 0.492 e. The minimum absolute atomic E-state index is 0.250. The highest BCUT2D eigenvalue weighted by molar-refractivity contribution is 5.33. The third kappa shape index (κ3) is 3.24. The van der Waals surface area contributed by atoms with Crippen molar-refractivity contribution in [3.8, 4) is 5.75 Å². The van der Waals surface area contributed by atoms with Gasteiger partial charge in [-0.15, -0.1) is 0 Å². The van der Waals surface area contributed by atoms with Crippen molar-refractivity contribution in [3.63, 3.8) is 0 Å². The van der Waals surface area contributed by atoms with E-state index >= 15 is 0 Å². The van der Waals surface area contributed by atoms with E-state index in [0.29, 0.717) is 5.92 Å². The lowest BCUT2D eigenvalue weighted by molar-refractivity contribution is 0.200. The van der Waals surface area contributed by atoms with Gasteiger partial charge in [-0.3, -0.25) is 4.90 Å². The Morgan fingerprint density at radius 1 is 1.39 bits per heavy atom. The predicted octanol–water partition coefficient (Wildman–Crippen LogP) is 2.25. The summed E-state index contributed by atoms with van der Waals surface area (Å²) in [6, 6.07) is 8.54. The molecule has 18 heavy (non-hydrogen) atoms. The molecule has 3 nitrogen and oxygen atoms in total. The average molecular weight is 248 g/mol. The zero-order valence-corrected chi connectivity index (χ0v) is 11.4. The smallest absolute Gasteiger partial charge is 0.123 e. The molecule has 1 aromatic rings. The van der Waals surface area contributed by atoms with E-state index in [-0.39, 0.29) is 6.04 Å². The SMILES string of the molecule is CCC(C)C(N)CN1CCOc2ccccc2C1. The van der Waals surface area contributed by atoms with E-state index in [4.69, 9.17) is 10.5 Å². The topological polar surface area (TPSA) is 38.5 Å². The second-order valence-corrected chi connectivity index (χ2v) is 5.24. The molecule has 0 saturated heterocycles. The summed E-state index contributed by atoms with van der Waals surface area (Å²) in [6.07, 6.45) is 1.14. The van der Waals surface area contributed by atoms with Crippen LogP contribution in [0.15, 0.2) is 24.3 Å². The lowest BCUT2D eigenvalue weighted by atomic mass is 9.99. The molecule has 1 aliphatic heterocycles. The molecule has 3 heteroatoms. The van der Waals surface area contributed by atoms with Crippen molar-refractivity contribution in [1.82, 2.24) is 4.90 Å². The first-order chi connectivity index (χ1) is 8.70. The highest BCUT2D eigenvalue weighted by Crippen LogP contribution is 2.22. The number of nitrogens with zero attached hydrogens (tertiary/aromatic N) is 1. The molecule has 0 aromatic heterocycles. The zero-order valence-electron chi connectivity index (χ0n) is 11.4. The first-order valence-corrected chi connectivity index (χ1v) is 6.89. The van der Waals surface area contributed by atoms with Crippen molar-refractivity contribution in [1.29, 1.82) is 0 Å². The molecule has 0 saturated carbocycles. The molecule has 0 fully saturated rings. The molecule has 1 aliphatic rings. The molecule has 1 heterocycles. The number of para-hydroxylation sites is 1. The van der Waals surface area contributed by atoms with Gasteiger partial charge in [-0.05, 0) is 12.0 Å². The van der Waals surface area contributed by atoms with Crippen LogP contribution in [0.3, 0.4) is 0 Å². The van der Waals surface area contributed by atoms with Crippen molar-refractivity contribution < 1.29 is 4.74 Å². The van der Waals surface area contributed by atoms with Crippen LogP contribution in [0, 0.1) is 5.92 Å². The number of fused-ring (bicyclic) bond motifs is 1. The number of rotatable bonds is 4. The van der Waals surface area contributed by atoms with Crippen LogP contribution in [0.4, 0.5) is 0 Å². The fraction of sp³-hybridized carbons (Fsp3) is 0.600. The van der Waals surface area contributed by atoms with E-state index < -0.39 is 0 Å². The molecule has 2 unspecified atom stereocenters. The van der Waals surface area contributed by atoms with Gasteiger partial charge >= 0.3 is 0 Å². The van der Waals surface area contributed by atoms with E-state index in [1.807, 2.05) is 12.1 Å². The minimum atomic E-state index is 0.250. The molecular formula is C15H24N2O. The maximum atomic E-state index is 6.25. The molecule has 1 aromatic carbocycles. The Balaban J connectivity index is 1.99. The van der Waals surface area contributed by atoms with Crippen LogP contribution >= 0.6 is 0 Å². The molecule has 2 N–H and O–H groups in total. The maximum Gasteiger partial charge on any atom is 0.123 e. The molecular weight excluding hydrogens is 224 g/mol. The summed E-state index contributed by atoms with van der Waals surface area (Å²) in [5.74, 6) is 1.60. The summed E-state index contributed by atoms with van der Waals surface area (Å²) in [5.41, 5.74) is 7.52. The van der Waals surface area contributed by atoms with Crippen molar-refractivity contribution >= 4 is 0 Å². The normalized spacial score (nSPS) is 19.5. The summed E-state index contributed by atoms with van der Waals surface area (Å²) in [5, 5.41) is 0. The van der Waals surface area contributed by atoms with Gasteiger partial charge in [0.1, 0.15) is 12.4 Å². The van der Waals surface area contributed by atoms with Gasteiger partial charge in [-0.25, -0.2) is 0 Å². The summed E-state index contributed by atoms with van der Waals surface area (Å²) < 4.78 is 5.76. The Morgan fingerprint density at radius 2 is 2.17 bits per heavy atom. The third-order valence-corrected chi connectivity index (χ3v) is 3.88. The quantitative estimate of drug-likeness (QED) is 0.888. The molecule has 2 atom stereocenters. The lowest BCUT2D eigenvalue weighted by Crippen LogP contribution is -2.41. The fourth-order valence-corrected chi connectivity index (χ4v) is 2.32. The number of hydrogen-bond acceptors (Lipinski definition) is 3. The van der Waals surface area contributed by atoms with Gasteiger partial charge < -0.3 is 10.5 Å². The second-order valence-electron chi connectivity index (χ2n) is 5.24. The summed E-state index contributed by atoms with van der Waals surface area (Å²) in [4.78, 5) is 2.41. The predicted molar refractivity (Wildman–Crippen MR) is 74.6 cm³/mol. The molecule has 0 aliphatic carbocycles. The van der Waals surface area contributed by atoms with Gasteiger partial charge in [-0.1, -0.05) is 38.5 Å². The standard InChI is InChI=1S/C15H24N2O/c1-3-12(2)14(16)11-17-8-9-18-15-7-5-4-6-13(15)10-17/h4-7,12,14H,3,8-11,16H2,1-2H3. The minimum Gasteiger partial charge on any atom is -0.492 e. The first-order valence-electron chi connectivity index (χ1n) is 6.89. The van der Waals surface area contributed by atoms with Gasteiger partial charge in [0, 0.05) is 31.2 Å². The Hall–Kier alpha value is -1.06. The summed E-state index contributed by atoms with van der Waals surface area (Å²) >= 11 is 0. The highest BCUT2D eigenvalue weighted by Gasteiger charge is 2.19. The Labute approximate surface area is 110 Å². The second kappa shape index (κ2) is 6.21. The van der Waals surface area contributed by atoms with Crippen LogP contribution in [0.25, 0.3) is 0 Å². The number of hydrogen-bond donors (Lipinski definition) is 1. The van der Waals surface area contributed by atoms with Gasteiger partial charge in [0.25, 0.3) is 0 Å². The van der Waals surface area contributed by atoms with Gasteiger partial charge in [-0.2, -0.15) is 0 Å². The van der Waals surface area contributed by atoms with E-state index in [9.17, 15) is 0 Å². The van der Waals surface area contributed by atoms with Crippen LogP contribution in [-0.2, 0) is 6.54 Å². The van der Waals surface area contributed by atoms with E-state index in [1.165, 1.54) is 5.56 Å². The van der Waals surface area contributed by atoms with E-state index in [2.05, 4.69) is 30.9 Å². The molecule has 2 rings (SSSR count). The summed E-state index contributed by atoms with van der Waals surface area (Å²) in [7, 11) is 0. The van der Waals surface area contributed by atoms with Crippen molar-refractivity contribution in [2.24, 2.45) is 11.7 Å². The number of benzene rings is 1. The summed E-state index contributed by atoms with van der Waals surface area (Å²) in [6.45, 7) is 8.04. The first kappa shape index (κ1) is 13.4. The lowest BCUT2D eigenvalue weighted by Gasteiger charge is -2.26. The molecule has 0 spiro atoms. The van der Waals surface area contributed by atoms with E-state index in [0.717, 1.165) is 38.4 Å². The zero-order chi connectivity index (χ0) is 13.0. The van der Waals surface area contributed by atoms with Crippen LogP contribution < -0.4 is 10.5 Å². The van der Waals surface area contributed by atoms with E-state index in [1.54, 1.807) is 0 Å². The number of nitrogens with two attached hydrogens (primary N) is 1. The van der Waals surface area contributed by atoms with Gasteiger partial charge in [0.2, 0.25) is 0 Å². The molecule has 0 amide bonds. The third-order valence-electron chi connectivity index (χ3n) is 3.88. The molecule has 0 radical (unpaired) electrons. The molecule has 100 valence electrons. The van der Waals surface area contributed by atoms with Crippen molar-refractivity contribution in [2.75, 3.05) is 19.7 Å². The van der Waals surface area contributed by atoms with Gasteiger partial charge in [0.15, 0.2) is 0 Å². The Kier molecular flexibility index (Phi) is 4.61. The Morgan fingerprint density at radius 3 is 2.94 bits per heavy atom. The van der Waals surface area contributed by atoms with Crippen LogP contribution in [0.1, 0.15) is 25.8 Å². The Bertz CT molecular complexity index is 381. The monoisotopic (exact) mass is 248 g/mol. The van der Waals surface area contributed by atoms with Gasteiger partial charge in [0.05, 0.1) is 0 Å². The van der Waals surface area contributed by atoms with Crippen molar-refractivity contribution in [3.05, 3.63) is 29.8 Å². The number of ether oxygens (including phenoxy) is 1. The fourth-order valence-electron chi connectivity index (χ4n) is 2.32. The average Bonchev–Trinajstić information content (AvgIpc) is 2.59. The maximum absolute atomic E-state index is 6.25. The van der Waals surface area contributed by atoms with Crippen molar-refractivity contribution in [2.45, 2.75) is 32.9 Å². The molecule has 0 bridgehead atoms. The van der Waals surface area contributed by atoms with Crippen LogP contribution in [-0.4, -0.2) is 30.6 Å². The highest BCUT2D eigenvalue weighted by atomic mass is 16.5. The van der Waals surface area contributed by atoms with Crippen LogP contribution in [0.2, 0.25) is 0 Å².